The standard InChI is InChI=1S/C22H39N5O4.C16H13FN2O.CH4.H2S/c1-22(2,3)31-21(30)27-14-8-24(9-15-27)16-19-4-6-23(7-5-19)17-20(29)26-12-10-25(18-28)11-13-26;1-10-8-11(6-7-14(10)17)9-15-12-4-2-3-5-13(12)16(20)19-18-15;;/h18-19H,4-17H2,1-3H3;2-8H,9H2,1H3,(H,19,20);1H4;1H2. The topological polar surface area (TPSA) is 122 Å². The van der Waals surface area contributed by atoms with Gasteiger partial charge in [-0.1, -0.05) is 37.8 Å². The average molecular weight is 756 g/mol. The van der Waals surface area contributed by atoms with Crippen molar-refractivity contribution in [1.29, 1.82) is 0 Å². The largest absolute Gasteiger partial charge is 0.444 e. The van der Waals surface area contributed by atoms with Crippen molar-refractivity contribution in [2.75, 3.05) is 78.5 Å². The predicted molar refractivity (Wildman–Crippen MR) is 211 cm³/mol. The quantitative estimate of drug-likeness (QED) is 0.356. The van der Waals surface area contributed by atoms with Crippen LogP contribution in [-0.4, -0.2) is 137 Å². The molecule has 12 nitrogen and oxygen atoms in total. The van der Waals surface area contributed by atoms with Crippen molar-refractivity contribution in [2.24, 2.45) is 5.92 Å². The van der Waals surface area contributed by atoms with Crippen LogP contribution in [0.1, 0.15) is 57.9 Å². The number of halogens is 1. The number of carbonyl (C=O) groups excluding carboxylic acids is 3. The second-order valence-corrected chi connectivity index (χ2v) is 14.8. The molecule has 14 heteroatoms. The van der Waals surface area contributed by atoms with Gasteiger partial charge in [0.05, 0.1) is 17.6 Å². The number of aromatic nitrogens is 2. The number of aromatic amines is 1. The highest BCUT2D eigenvalue weighted by Gasteiger charge is 2.29. The van der Waals surface area contributed by atoms with Gasteiger partial charge in [0.2, 0.25) is 12.3 Å². The smallest absolute Gasteiger partial charge is 0.410 e. The van der Waals surface area contributed by atoms with Gasteiger partial charge >= 0.3 is 6.09 Å². The van der Waals surface area contributed by atoms with Crippen molar-refractivity contribution >= 4 is 42.7 Å². The van der Waals surface area contributed by atoms with E-state index >= 15 is 0 Å². The van der Waals surface area contributed by atoms with Crippen LogP contribution in [-0.2, 0) is 20.7 Å². The third kappa shape index (κ3) is 12.5. The molecule has 0 unspecified atom stereocenters. The number of nitrogens with one attached hydrogen (secondary N) is 1. The summed E-state index contributed by atoms with van der Waals surface area (Å²) in [7, 11) is 0. The summed E-state index contributed by atoms with van der Waals surface area (Å²) in [5, 5.41) is 8.09. The van der Waals surface area contributed by atoms with Crippen LogP contribution in [0, 0.1) is 18.7 Å². The summed E-state index contributed by atoms with van der Waals surface area (Å²) >= 11 is 0. The highest BCUT2D eigenvalue weighted by atomic mass is 32.1. The number of hydrogen-bond donors (Lipinski definition) is 1. The number of piperidine rings is 1. The fourth-order valence-electron chi connectivity index (χ4n) is 6.82. The number of rotatable bonds is 7. The summed E-state index contributed by atoms with van der Waals surface area (Å²) in [4.78, 5) is 57.4. The second kappa shape index (κ2) is 19.9. The molecule has 3 saturated heterocycles. The Hall–Kier alpha value is -4.01. The molecule has 0 bridgehead atoms. The van der Waals surface area contributed by atoms with Crippen LogP contribution in [0.25, 0.3) is 10.8 Å². The zero-order chi connectivity index (χ0) is 36.5. The molecule has 292 valence electrons. The lowest BCUT2D eigenvalue weighted by Gasteiger charge is -2.39. The highest BCUT2D eigenvalue weighted by molar-refractivity contribution is 7.59. The number of H-pyrrole nitrogens is 1. The van der Waals surface area contributed by atoms with Crippen LogP contribution >= 0.6 is 13.5 Å². The molecular weight excluding hydrogens is 698 g/mol. The maximum atomic E-state index is 13.3. The van der Waals surface area contributed by atoms with Crippen LogP contribution in [0.2, 0.25) is 0 Å². The van der Waals surface area contributed by atoms with E-state index in [1.807, 2.05) is 48.8 Å². The molecule has 6 rings (SSSR count). The van der Waals surface area contributed by atoms with Gasteiger partial charge in [-0.2, -0.15) is 18.6 Å². The van der Waals surface area contributed by atoms with Gasteiger partial charge in [-0.25, -0.2) is 14.3 Å². The zero-order valence-electron chi connectivity index (χ0n) is 30.9. The van der Waals surface area contributed by atoms with E-state index in [0.29, 0.717) is 56.0 Å². The number of ether oxygens (including phenoxy) is 1. The lowest BCUT2D eigenvalue weighted by Crippen LogP contribution is -2.52. The summed E-state index contributed by atoms with van der Waals surface area (Å²) in [6, 6.07) is 12.4. The number of hydrogen-bond acceptors (Lipinski definition) is 8. The third-order valence-corrected chi connectivity index (χ3v) is 9.79. The van der Waals surface area contributed by atoms with E-state index in [9.17, 15) is 23.6 Å². The molecule has 3 fully saturated rings. The minimum absolute atomic E-state index is 0. The Morgan fingerprint density at radius 2 is 1.53 bits per heavy atom. The van der Waals surface area contributed by atoms with Crippen LogP contribution in [0.4, 0.5) is 9.18 Å². The Balaban J connectivity index is 0.000000298. The summed E-state index contributed by atoms with van der Waals surface area (Å²) in [5.41, 5.74) is 1.71. The van der Waals surface area contributed by atoms with Gasteiger partial charge < -0.3 is 19.4 Å². The minimum Gasteiger partial charge on any atom is -0.444 e. The first kappa shape index (κ1) is 43.4. The molecule has 0 spiro atoms. The molecule has 3 aliphatic heterocycles. The summed E-state index contributed by atoms with van der Waals surface area (Å²) in [6.45, 7) is 16.7. The van der Waals surface area contributed by atoms with E-state index in [1.165, 1.54) is 6.07 Å². The van der Waals surface area contributed by atoms with Crippen LogP contribution in [0.15, 0.2) is 47.3 Å². The Morgan fingerprint density at radius 3 is 2.13 bits per heavy atom. The van der Waals surface area contributed by atoms with Gasteiger partial charge in [-0.15, -0.1) is 0 Å². The molecule has 0 radical (unpaired) electrons. The normalized spacial score (nSPS) is 17.3. The van der Waals surface area contributed by atoms with Crippen molar-refractivity contribution in [3.63, 3.8) is 0 Å². The number of carbonyl (C=O) groups is 3. The molecule has 3 aliphatic rings. The van der Waals surface area contributed by atoms with E-state index in [0.717, 1.165) is 81.7 Å². The number of piperazine rings is 2. The Labute approximate surface area is 320 Å². The van der Waals surface area contributed by atoms with Gasteiger partial charge in [0, 0.05) is 70.7 Å². The molecule has 3 aromatic rings. The molecule has 3 amide bonds. The number of fused-ring (bicyclic) bond motifs is 1. The molecular formula is C39H58FN7O5S. The van der Waals surface area contributed by atoms with E-state index in [-0.39, 0.29) is 44.3 Å². The van der Waals surface area contributed by atoms with Gasteiger partial charge in [0.1, 0.15) is 11.4 Å². The number of benzene rings is 2. The summed E-state index contributed by atoms with van der Waals surface area (Å²) < 4.78 is 18.8. The first-order chi connectivity index (χ1) is 24.4. The maximum absolute atomic E-state index is 13.3. The Kier molecular flexibility index (Phi) is 16.3. The fourth-order valence-corrected chi connectivity index (χ4v) is 6.82. The van der Waals surface area contributed by atoms with Gasteiger partial charge in [-0.05, 0) is 82.8 Å². The second-order valence-electron chi connectivity index (χ2n) is 14.8. The molecule has 0 atom stereocenters. The number of likely N-dealkylation sites (tertiary alicyclic amines) is 1. The van der Waals surface area contributed by atoms with E-state index in [1.54, 1.807) is 30.0 Å². The van der Waals surface area contributed by atoms with Crippen molar-refractivity contribution in [3.8, 4) is 0 Å². The lowest BCUT2D eigenvalue weighted by atomic mass is 9.96. The van der Waals surface area contributed by atoms with Gasteiger partial charge in [0.25, 0.3) is 5.56 Å². The molecule has 53 heavy (non-hydrogen) atoms. The first-order valence-electron chi connectivity index (χ1n) is 18.0. The number of nitrogens with zero attached hydrogens (tertiary/aromatic N) is 6. The predicted octanol–water partition coefficient (Wildman–Crippen LogP) is 4.26. The molecule has 2 aromatic carbocycles. The Morgan fingerprint density at radius 1 is 0.906 bits per heavy atom. The van der Waals surface area contributed by atoms with Crippen LogP contribution < -0.4 is 5.56 Å². The van der Waals surface area contributed by atoms with Gasteiger partial charge in [0.15, 0.2) is 0 Å². The average Bonchev–Trinajstić information content (AvgIpc) is 3.12. The van der Waals surface area contributed by atoms with Crippen molar-refractivity contribution < 1.29 is 23.5 Å². The lowest BCUT2D eigenvalue weighted by molar-refractivity contribution is -0.136. The molecule has 4 heterocycles. The summed E-state index contributed by atoms with van der Waals surface area (Å²) in [6.07, 6.45) is 3.43. The maximum Gasteiger partial charge on any atom is 0.410 e. The van der Waals surface area contributed by atoms with Crippen molar-refractivity contribution in [2.45, 2.75) is 60.0 Å². The summed E-state index contributed by atoms with van der Waals surface area (Å²) in [5.74, 6) is 0.617. The van der Waals surface area contributed by atoms with E-state index in [4.69, 9.17) is 4.74 Å². The Bertz CT molecular complexity index is 1710. The first-order valence-corrected chi connectivity index (χ1v) is 18.0. The van der Waals surface area contributed by atoms with Crippen LogP contribution in [0.3, 0.4) is 0 Å². The van der Waals surface area contributed by atoms with Crippen LogP contribution in [0.5, 0.6) is 0 Å². The fraction of sp³-hybridized carbons (Fsp3) is 0.564. The minimum atomic E-state index is -0.451. The SMILES string of the molecule is C.CC(C)(C)OC(=O)N1CCN(CC2CCN(CC(=O)N3CCN(C=O)CC3)CC2)CC1.Cc1cc(Cc2n[nH]c(=O)c3ccccc23)ccc1F.S. The third-order valence-electron chi connectivity index (χ3n) is 9.79. The highest BCUT2D eigenvalue weighted by Crippen LogP contribution is 2.21. The monoisotopic (exact) mass is 755 g/mol. The zero-order valence-corrected chi connectivity index (χ0v) is 31.9. The van der Waals surface area contributed by atoms with Gasteiger partial charge in [-0.3, -0.25) is 24.2 Å². The van der Waals surface area contributed by atoms with Crippen molar-refractivity contribution in [3.05, 3.63) is 75.5 Å². The molecule has 1 aromatic heterocycles. The molecule has 1 N–H and O–H groups in total. The number of amides is 3. The van der Waals surface area contributed by atoms with Crippen molar-refractivity contribution in [1.82, 2.24) is 34.7 Å². The molecule has 0 saturated carbocycles. The van der Waals surface area contributed by atoms with E-state index in [2.05, 4.69) is 20.0 Å². The van der Waals surface area contributed by atoms with E-state index < -0.39 is 5.60 Å². The number of aryl methyl sites for hydroxylation is 1. The molecule has 0 aliphatic carbocycles.